The first-order valence-corrected chi connectivity index (χ1v) is 7.79. The molecule has 18 heavy (non-hydrogen) atoms. The second-order valence-corrected chi connectivity index (χ2v) is 7.96. The van der Waals surface area contributed by atoms with Gasteiger partial charge in [-0.2, -0.15) is 4.31 Å². The van der Waals surface area contributed by atoms with Gasteiger partial charge in [-0.05, 0) is 48.0 Å². The summed E-state index contributed by atoms with van der Waals surface area (Å²) in [7, 11) is -2.20. The van der Waals surface area contributed by atoms with E-state index in [1.165, 1.54) is 25.2 Å². The Bertz CT molecular complexity index is 540. The van der Waals surface area contributed by atoms with E-state index in [2.05, 4.69) is 15.9 Å². The summed E-state index contributed by atoms with van der Waals surface area (Å²) >= 11 is 9.01. The van der Waals surface area contributed by atoms with Gasteiger partial charge in [0.05, 0.1) is 15.5 Å². The molecule has 0 unspecified atom stereocenters. The Morgan fingerprint density at radius 1 is 1.44 bits per heavy atom. The lowest BCUT2D eigenvalue weighted by Crippen LogP contribution is -2.39. The number of aliphatic hydroxyl groups is 1. The molecule has 0 saturated heterocycles. The van der Waals surface area contributed by atoms with Crippen molar-refractivity contribution in [1.29, 1.82) is 0 Å². The molecule has 0 aliphatic heterocycles. The van der Waals surface area contributed by atoms with Crippen molar-refractivity contribution < 1.29 is 13.5 Å². The van der Waals surface area contributed by atoms with Crippen molar-refractivity contribution >= 4 is 37.6 Å². The van der Waals surface area contributed by atoms with Gasteiger partial charge in [0.25, 0.3) is 0 Å². The van der Waals surface area contributed by atoms with E-state index in [4.69, 9.17) is 11.6 Å². The molecule has 0 aliphatic carbocycles. The number of halogens is 2. The fraction of sp³-hybridized carbons (Fsp3) is 0.455. The summed E-state index contributed by atoms with van der Waals surface area (Å²) in [6, 6.07) is 4.39. The Hall–Kier alpha value is -0.140. The molecule has 0 aliphatic rings. The summed E-state index contributed by atoms with van der Waals surface area (Å²) in [4.78, 5) is 0.130. The second kappa shape index (κ2) is 5.46. The second-order valence-electron chi connectivity index (χ2n) is 4.65. The first kappa shape index (κ1) is 15.9. The van der Waals surface area contributed by atoms with Crippen LogP contribution in [-0.4, -0.2) is 37.0 Å². The van der Waals surface area contributed by atoms with Gasteiger partial charge in [-0.25, -0.2) is 8.42 Å². The Balaban J connectivity index is 3.10. The van der Waals surface area contributed by atoms with Crippen LogP contribution in [0.2, 0.25) is 5.02 Å². The van der Waals surface area contributed by atoms with Crippen molar-refractivity contribution in [3.8, 4) is 0 Å². The van der Waals surface area contributed by atoms with E-state index in [1.54, 1.807) is 13.8 Å². The van der Waals surface area contributed by atoms with Crippen molar-refractivity contribution in [3.63, 3.8) is 0 Å². The smallest absolute Gasteiger partial charge is 0.242 e. The van der Waals surface area contributed by atoms with Gasteiger partial charge in [0.1, 0.15) is 0 Å². The average Bonchev–Trinajstić information content (AvgIpc) is 2.19. The van der Waals surface area contributed by atoms with Gasteiger partial charge >= 0.3 is 0 Å². The molecule has 1 aromatic carbocycles. The van der Waals surface area contributed by atoms with E-state index in [9.17, 15) is 13.5 Å². The molecule has 1 rings (SSSR count). The number of benzene rings is 1. The molecule has 0 radical (unpaired) electrons. The first-order valence-electron chi connectivity index (χ1n) is 5.18. The minimum absolute atomic E-state index is 0.00950. The highest BCUT2D eigenvalue weighted by Gasteiger charge is 2.26. The third kappa shape index (κ3) is 3.93. The van der Waals surface area contributed by atoms with Crippen LogP contribution in [0.5, 0.6) is 0 Å². The van der Waals surface area contributed by atoms with Crippen LogP contribution in [0.25, 0.3) is 0 Å². The summed E-state index contributed by atoms with van der Waals surface area (Å²) in [5, 5.41) is 10.1. The van der Waals surface area contributed by atoms with Crippen molar-refractivity contribution in [2.75, 3.05) is 13.6 Å². The van der Waals surface area contributed by atoms with Crippen LogP contribution in [0.3, 0.4) is 0 Å². The summed E-state index contributed by atoms with van der Waals surface area (Å²) in [5.74, 6) is 0. The van der Waals surface area contributed by atoms with E-state index >= 15 is 0 Å². The number of rotatable bonds is 4. The monoisotopic (exact) mass is 355 g/mol. The van der Waals surface area contributed by atoms with E-state index in [0.717, 1.165) is 4.31 Å². The number of hydrogen-bond donors (Lipinski definition) is 1. The molecule has 0 saturated carbocycles. The molecule has 0 bridgehead atoms. The van der Waals surface area contributed by atoms with Gasteiger partial charge in [-0.15, -0.1) is 0 Å². The predicted molar refractivity (Wildman–Crippen MR) is 75.3 cm³/mol. The maximum atomic E-state index is 12.2. The maximum Gasteiger partial charge on any atom is 0.242 e. The lowest BCUT2D eigenvalue weighted by Gasteiger charge is -2.25. The van der Waals surface area contributed by atoms with Crippen molar-refractivity contribution in [3.05, 3.63) is 27.7 Å². The predicted octanol–water partition coefficient (Wildman–Crippen LogP) is 2.49. The molecule has 0 amide bonds. The third-order valence-electron chi connectivity index (χ3n) is 2.21. The van der Waals surface area contributed by atoms with Gasteiger partial charge in [0, 0.05) is 18.1 Å². The van der Waals surface area contributed by atoms with E-state index in [-0.39, 0.29) is 11.4 Å². The Labute approximate surface area is 121 Å². The molecular weight excluding hydrogens is 342 g/mol. The molecule has 0 atom stereocenters. The van der Waals surface area contributed by atoms with E-state index < -0.39 is 15.6 Å². The quantitative estimate of drug-likeness (QED) is 0.902. The zero-order valence-corrected chi connectivity index (χ0v) is 13.5. The molecular formula is C11H15BrClNO3S. The zero-order chi connectivity index (χ0) is 14.1. The lowest BCUT2D eigenvalue weighted by molar-refractivity contribution is 0.0640. The van der Waals surface area contributed by atoms with Crippen LogP contribution < -0.4 is 0 Å². The fourth-order valence-electron chi connectivity index (χ4n) is 1.45. The SMILES string of the molecule is CN(CC(C)(C)O)S(=O)(=O)c1ccc(Cl)c(Br)c1. The highest BCUT2D eigenvalue weighted by atomic mass is 79.9. The number of likely N-dealkylation sites (N-methyl/N-ethyl adjacent to an activating group) is 1. The zero-order valence-electron chi connectivity index (χ0n) is 10.3. The van der Waals surface area contributed by atoms with E-state index in [1.807, 2.05) is 0 Å². The molecule has 7 heteroatoms. The topological polar surface area (TPSA) is 57.6 Å². The lowest BCUT2D eigenvalue weighted by atomic mass is 10.1. The minimum Gasteiger partial charge on any atom is -0.389 e. The van der Waals surface area contributed by atoms with Crippen LogP contribution in [0.4, 0.5) is 0 Å². The summed E-state index contributed by atoms with van der Waals surface area (Å²) in [5.41, 5.74) is -1.09. The molecule has 0 heterocycles. The van der Waals surface area contributed by atoms with Gasteiger partial charge in [-0.3, -0.25) is 0 Å². The molecule has 102 valence electrons. The molecule has 0 aromatic heterocycles. The standard InChI is InChI=1S/C11H15BrClNO3S/c1-11(2,15)7-14(3)18(16,17)8-4-5-10(13)9(12)6-8/h4-6,15H,7H2,1-3H3. The average molecular weight is 357 g/mol. The summed E-state index contributed by atoms with van der Waals surface area (Å²) in [6.45, 7) is 3.11. The van der Waals surface area contributed by atoms with Crippen LogP contribution in [0.15, 0.2) is 27.6 Å². The number of hydrogen-bond acceptors (Lipinski definition) is 3. The van der Waals surface area contributed by atoms with Crippen LogP contribution >= 0.6 is 27.5 Å². The molecule has 4 nitrogen and oxygen atoms in total. The minimum atomic E-state index is -3.63. The van der Waals surface area contributed by atoms with Gasteiger partial charge in [-0.1, -0.05) is 11.6 Å². The first-order chi connectivity index (χ1) is 8.04. The van der Waals surface area contributed by atoms with Gasteiger partial charge < -0.3 is 5.11 Å². The molecule has 0 spiro atoms. The largest absolute Gasteiger partial charge is 0.389 e. The number of sulfonamides is 1. The van der Waals surface area contributed by atoms with Crippen LogP contribution in [-0.2, 0) is 10.0 Å². The Kier molecular flexibility index (Phi) is 4.83. The van der Waals surface area contributed by atoms with Crippen molar-refractivity contribution in [2.24, 2.45) is 0 Å². The Morgan fingerprint density at radius 3 is 2.44 bits per heavy atom. The van der Waals surface area contributed by atoms with Crippen LogP contribution in [0.1, 0.15) is 13.8 Å². The van der Waals surface area contributed by atoms with Gasteiger partial charge in [0.2, 0.25) is 10.0 Å². The molecule has 1 aromatic rings. The number of nitrogens with zero attached hydrogens (tertiary/aromatic N) is 1. The summed E-state index contributed by atoms with van der Waals surface area (Å²) in [6.07, 6.45) is 0. The van der Waals surface area contributed by atoms with Gasteiger partial charge in [0.15, 0.2) is 0 Å². The third-order valence-corrected chi connectivity index (χ3v) is 5.22. The summed E-state index contributed by atoms with van der Waals surface area (Å²) < 4.78 is 26.1. The normalized spacial score (nSPS) is 13.1. The fourth-order valence-corrected chi connectivity index (χ4v) is 3.45. The highest BCUT2D eigenvalue weighted by molar-refractivity contribution is 9.10. The van der Waals surface area contributed by atoms with Crippen LogP contribution in [0, 0.1) is 0 Å². The molecule has 1 N–H and O–H groups in total. The van der Waals surface area contributed by atoms with Crippen molar-refractivity contribution in [1.82, 2.24) is 4.31 Å². The Morgan fingerprint density at radius 2 is 2.00 bits per heavy atom. The molecule has 0 fully saturated rings. The highest BCUT2D eigenvalue weighted by Crippen LogP contribution is 2.27. The maximum absolute atomic E-state index is 12.2. The van der Waals surface area contributed by atoms with Crippen molar-refractivity contribution in [2.45, 2.75) is 24.3 Å². The van der Waals surface area contributed by atoms with E-state index in [0.29, 0.717) is 9.50 Å².